The zero-order chi connectivity index (χ0) is 18.7. The van der Waals surface area contributed by atoms with E-state index in [1.807, 2.05) is 6.07 Å². The van der Waals surface area contributed by atoms with Crippen LogP contribution in [-0.4, -0.2) is 50.1 Å². The van der Waals surface area contributed by atoms with Gasteiger partial charge in [-0.25, -0.2) is 9.78 Å². The average Bonchev–Trinajstić information content (AvgIpc) is 3.12. The Morgan fingerprint density at radius 3 is 2.73 bits per heavy atom. The number of carbonyl (C=O) groups excluding carboxylic acids is 1. The molecular formula is C17H17N3O6. The quantitative estimate of drug-likeness (QED) is 0.723. The number of benzene rings is 1. The molecule has 1 atom stereocenters. The van der Waals surface area contributed by atoms with Crippen molar-refractivity contribution in [1.82, 2.24) is 14.9 Å². The van der Waals surface area contributed by atoms with Gasteiger partial charge in [0, 0.05) is 6.54 Å². The summed E-state index contributed by atoms with van der Waals surface area (Å²) < 4.78 is 5.45. The SMILES string of the molecule is O=C(O)c1nc([C@@H]2CCCN2C(=O)COc2ccccc2)[nH]c(=O)c1O. The maximum atomic E-state index is 12.5. The number of hydrogen-bond acceptors (Lipinski definition) is 6. The third kappa shape index (κ3) is 3.51. The van der Waals surface area contributed by atoms with Gasteiger partial charge in [-0.3, -0.25) is 9.59 Å². The Balaban J connectivity index is 1.79. The number of likely N-dealkylation sites (tertiary alicyclic amines) is 1. The third-order valence-electron chi connectivity index (χ3n) is 4.11. The number of nitrogens with one attached hydrogen (secondary N) is 1. The van der Waals surface area contributed by atoms with Crippen LogP contribution in [0.3, 0.4) is 0 Å². The molecule has 9 heteroatoms. The van der Waals surface area contributed by atoms with Gasteiger partial charge in [0.05, 0.1) is 6.04 Å². The monoisotopic (exact) mass is 359 g/mol. The first-order valence-corrected chi connectivity index (χ1v) is 8.01. The molecule has 9 nitrogen and oxygen atoms in total. The molecule has 2 heterocycles. The Morgan fingerprint density at radius 1 is 1.31 bits per heavy atom. The van der Waals surface area contributed by atoms with Crippen LogP contribution in [0.5, 0.6) is 11.5 Å². The topological polar surface area (TPSA) is 133 Å². The lowest BCUT2D eigenvalue weighted by atomic mass is 10.2. The number of aromatic amines is 1. The van der Waals surface area contributed by atoms with E-state index >= 15 is 0 Å². The molecule has 1 aromatic heterocycles. The molecule has 0 aliphatic carbocycles. The van der Waals surface area contributed by atoms with E-state index in [2.05, 4.69) is 9.97 Å². The van der Waals surface area contributed by atoms with Gasteiger partial charge in [0.25, 0.3) is 11.5 Å². The van der Waals surface area contributed by atoms with Crippen LogP contribution < -0.4 is 10.3 Å². The highest BCUT2D eigenvalue weighted by atomic mass is 16.5. The van der Waals surface area contributed by atoms with Crippen LogP contribution in [0.2, 0.25) is 0 Å². The van der Waals surface area contributed by atoms with Crippen LogP contribution in [0, 0.1) is 0 Å². The molecule has 1 fully saturated rings. The minimum absolute atomic E-state index is 0.0377. The Kier molecular flexibility index (Phi) is 4.87. The molecule has 26 heavy (non-hydrogen) atoms. The van der Waals surface area contributed by atoms with Gasteiger partial charge in [0.1, 0.15) is 11.6 Å². The fraction of sp³-hybridized carbons (Fsp3) is 0.294. The summed E-state index contributed by atoms with van der Waals surface area (Å²) in [6.07, 6.45) is 1.19. The number of amides is 1. The summed E-state index contributed by atoms with van der Waals surface area (Å²) in [6, 6.07) is 8.29. The van der Waals surface area contributed by atoms with E-state index in [1.54, 1.807) is 24.3 Å². The van der Waals surface area contributed by atoms with E-state index in [4.69, 9.17) is 9.84 Å². The zero-order valence-corrected chi connectivity index (χ0v) is 13.7. The van der Waals surface area contributed by atoms with Crippen molar-refractivity contribution in [2.24, 2.45) is 0 Å². The van der Waals surface area contributed by atoms with Crippen molar-refractivity contribution in [3.63, 3.8) is 0 Å². The largest absolute Gasteiger partial charge is 0.501 e. The second kappa shape index (κ2) is 7.26. The summed E-state index contributed by atoms with van der Waals surface area (Å²) in [5.74, 6) is -2.18. The summed E-state index contributed by atoms with van der Waals surface area (Å²) in [4.78, 5) is 43.1. The van der Waals surface area contributed by atoms with Crippen LogP contribution >= 0.6 is 0 Å². The number of H-pyrrole nitrogens is 1. The first-order valence-electron chi connectivity index (χ1n) is 8.01. The van der Waals surface area contributed by atoms with Crippen molar-refractivity contribution in [2.45, 2.75) is 18.9 Å². The number of rotatable bonds is 5. The zero-order valence-electron chi connectivity index (χ0n) is 13.7. The standard InChI is InChI=1S/C17H17N3O6/c21-12(9-26-10-5-2-1-3-6-10)20-8-4-7-11(20)15-18-13(17(24)25)14(22)16(23)19-15/h1-3,5-6,11,22H,4,7-9H2,(H,24,25)(H,18,19,23)/t11-/m0/s1. The van der Waals surface area contributed by atoms with Crippen molar-refractivity contribution in [2.75, 3.05) is 13.2 Å². The Labute approximate surface area is 147 Å². The minimum atomic E-state index is -1.52. The summed E-state index contributed by atoms with van der Waals surface area (Å²) >= 11 is 0. The first-order chi connectivity index (χ1) is 12.5. The van der Waals surface area contributed by atoms with Crippen LogP contribution in [0.25, 0.3) is 0 Å². The van der Waals surface area contributed by atoms with Gasteiger partial charge < -0.3 is 24.8 Å². The molecule has 0 spiro atoms. The Hall–Kier alpha value is -3.36. The van der Waals surface area contributed by atoms with E-state index in [0.717, 1.165) is 0 Å². The highest BCUT2D eigenvalue weighted by molar-refractivity contribution is 5.88. The predicted octanol–water partition coefficient (Wildman–Crippen LogP) is 0.916. The van der Waals surface area contributed by atoms with Crippen LogP contribution in [0.1, 0.15) is 35.2 Å². The van der Waals surface area contributed by atoms with Crippen LogP contribution in [-0.2, 0) is 4.79 Å². The number of aromatic carboxylic acids is 1. The first kappa shape index (κ1) is 17.5. The minimum Gasteiger partial charge on any atom is -0.501 e. The maximum Gasteiger partial charge on any atom is 0.358 e. The summed E-state index contributed by atoms with van der Waals surface area (Å²) in [5.41, 5.74) is -1.68. The summed E-state index contributed by atoms with van der Waals surface area (Å²) in [7, 11) is 0. The molecule has 2 aromatic rings. The molecular weight excluding hydrogens is 342 g/mol. The van der Waals surface area contributed by atoms with Crippen molar-refractivity contribution in [1.29, 1.82) is 0 Å². The molecule has 1 amide bonds. The third-order valence-corrected chi connectivity index (χ3v) is 4.11. The number of hydrogen-bond donors (Lipinski definition) is 3. The van der Waals surface area contributed by atoms with Crippen molar-refractivity contribution >= 4 is 11.9 Å². The molecule has 0 unspecified atom stereocenters. The maximum absolute atomic E-state index is 12.5. The van der Waals surface area contributed by atoms with E-state index in [9.17, 15) is 19.5 Å². The lowest BCUT2D eigenvalue weighted by molar-refractivity contribution is -0.134. The van der Waals surface area contributed by atoms with Crippen molar-refractivity contribution in [3.05, 3.63) is 52.2 Å². The van der Waals surface area contributed by atoms with Gasteiger partial charge >= 0.3 is 5.97 Å². The van der Waals surface area contributed by atoms with Gasteiger partial charge in [-0.05, 0) is 25.0 Å². The van der Waals surface area contributed by atoms with E-state index < -0.39 is 29.0 Å². The Morgan fingerprint density at radius 2 is 2.04 bits per heavy atom. The molecule has 0 saturated carbocycles. The number of aromatic nitrogens is 2. The highest BCUT2D eigenvalue weighted by Crippen LogP contribution is 2.30. The highest BCUT2D eigenvalue weighted by Gasteiger charge is 2.33. The smallest absolute Gasteiger partial charge is 0.358 e. The second-order valence-corrected chi connectivity index (χ2v) is 5.80. The molecule has 1 aliphatic heterocycles. The molecule has 0 radical (unpaired) electrons. The number of para-hydroxylation sites is 1. The van der Waals surface area contributed by atoms with Gasteiger partial charge in [0.2, 0.25) is 5.75 Å². The van der Waals surface area contributed by atoms with Crippen molar-refractivity contribution < 1.29 is 24.5 Å². The average molecular weight is 359 g/mol. The number of nitrogens with zero attached hydrogens (tertiary/aromatic N) is 2. The molecule has 3 rings (SSSR count). The number of carbonyl (C=O) groups is 2. The number of carboxylic acids is 1. The second-order valence-electron chi connectivity index (χ2n) is 5.80. The predicted molar refractivity (Wildman–Crippen MR) is 89.1 cm³/mol. The summed E-state index contributed by atoms with van der Waals surface area (Å²) in [5, 5.41) is 18.6. The fourth-order valence-corrected chi connectivity index (χ4v) is 2.89. The lowest BCUT2D eigenvalue weighted by Crippen LogP contribution is -2.36. The van der Waals surface area contributed by atoms with Crippen LogP contribution in [0.4, 0.5) is 0 Å². The lowest BCUT2D eigenvalue weighted by Gasteiger charge is -2.24. The molecule has 3 N–H and O–H groups in total. The fourth-order valence-electron chi connectivity index (χ4n) is 2.89. The van der Waals surface area contributed by atoms with E-state index in [1.165, 1.54) is 4.90 Å². The van der Waals surface area contributed by atoms with Gasteiger partial charge in [-0.1, -0.05) is 18.2 Å². The molecule has 136 valence electrons. The van der Waals surface area contributed by atoms with Crippen LogP contribution in [0.15, 0.2) is 35.1 Å². The van der Waals surface area contributed by atoms with E-state index in [0.29, 0.717) is 25.1 Å². The number of ether oxygens (including phenoxy) is 1. The normalized spacial score (nSPS) is 16.5. The molecule has 0 bridgehead atoms. The molecule has 1 saturated heterocycles. The number of aromatic hydroxyl groups is 1. The van der Waals surface area contributed by atoms with Crippen molar-refractivity contribution in [3.8, 4) is 11.5 Å². The van der Waals surface area contributed by atoms with Gasteiger partial charge in [-0.2, -0.15) is 0 Å². The Bertz CT molecular complexity index is 880. The van der Waals surface area contributed by atoms with Gasteiger partial charge in [-0.15, -0.1) is 0 Å². The summed E-state index contributed by atoms with van der Waals surface area (Å²) in [6.45, 7) is 0.253. The molecule has 1 aromatic carbocycles. The van der Waals surface area contributed by atoms with E-state index in [-0.39, 0.29) is 18.3 Å². The number of carboxylic acid groups (broad SMARTS) is 1. The van der Waals surface area contributed by atoms with Gasteiger partial charge in [0.15, 0.2) is 12.3 Å². The molecule has 1 aliphatic rings.